The molecule has 2 amide bonds. The molecule has 1 unspecified atom stereocenters. The van der Waals surface area contributed by atoms with Crippen molar-refractivity contribution in [3.63, 3.8) is 0 Å². The van der Waals surface area contributed by atoms with Crippen LogP contribution in [0.5, 0.6) is 0 Å². The van der Waals surface area contributed by atoms with Gasteiger partial charge in [0.1, 0.15) is 11.1 Å². The summed E-state index contributed by atoms with van der Waals surface area (Å²) in [7, 11) is 0. The van der Waals surface area contributed by atoms with E-state index >= 15 is 0 Å². The van der Waals surface area contributed by atoms with Crippen molar-refractivity contribution in [1.29, 1.82) is 0 Å². The lowest BCUT2D eigenvalue weighted by atomic mass is 9.80. The first-order valence-corrected chi connectivity index (χ1v) is 8.13. The zero-order valence-corrected chi connectivity index (χ0v) is 13.3. The molecule has 0 aromatic carbocycles. The largest absolute Gasteiger partial charge is 0.340 e. The lowest BCUT2D eigenvalue weighted by Gasteiger charge is -2.53. The molecule has 1 saturated carbocycles. The minimum absolute atomic E-state index is 0.0820. The molecule has 4 heteroatoms. The van der Waals surface area contributed by atoms with E-state index in [1.54, 1.807) is 0 Å². The molecule has 1 N–H and O–H groups in total. The molecule has 2 fully saturated rings. The summed E-state index contributed by atoms with van der Waals surface area (Å²) in [4.78, 5) is 27.9. The van der Waals surface area contributed by atoms with Crippen LogP contribution < -0.4 is 5.32 Å². The number of piperazine rings is 1. The van der Waals surface area contributed by atoms with Crippen LogP contribution in [0, 0.1) is 0 Å². The number of carbonyl (C=O) groups is 2. The first kappa shape index (κ1) is 15.3. The molecule has 1 saturated heterocycles. The van der Waals surface area contributed by atoms with Gasteiger partial charge >= 0.3 is 0 Å². The molecular formula is C16H28N2O2. The van der Waals surface area contributed by atoms with Crippen molar-refractivity contribution in [2.75, 3.05) is 0 Å². The minimum atomic E-state index is -0.686. The van der Waals surface area contributed by atoms with Gasteiger partial charge in [0.05, 0.1) is 0 Å². The summed E-state index contributed by atoms with van der Waals surface area (Å²) in [5, 5.41) is 3.09. The number of carbonyl (C=O) groups excluding carboxylic acids is 2. The Morgan fingerprint density at radius 1 is 1.15 bits per heavy atom. The molecule has 2 rings (SSSR count). The van der Waals surface area contributed by atoms with Gasteiger partial charge in [-0.25, -0.2) is 0 Å². The van der Waals surface area contributed by atoms with Crippen molar-refractivity contribution >= 4 is 11.8 Å². The van der Waals surface area contributed by atoms with E-state index in [9.17, 15) is 9.59 Å². The van der Waals surface area contributed by atoms with E-state index in [0.717, 1.165) is 32.1 Å². The van der Waals surface area contributed by atoms with Gasteiger partial charge in [-0.2, -0.15) is 0 Å². The van der Waals surface area contributed by atoms with E-state index in [2.05, 4.69) is 19.2 Å². The number of nitrogens with zero attached hydrogens (tertiary/aromatic N) is 1. The smallest absolute Gasteiger partial charge is 0.249 e. The van der Waals surface area contributed by atoms with E-state index in [0.29, 0.717) is 12.8 Å². The highest BCUT2D eigenvalue weighted by Crippen LogP contribution is 2.42. The first-order chi connectivity index (χ1) is 9.47. The molecule has 114 valence electrons. The summed E-state index contributed by atoms with van der Waals surface area (Å²) in [5.41, 5.74) is -1.26. The Kier molecular flexibility index (Phi) is 4.12. The summed E-state index contributed by atoms with van der Waals surface area (Å²) in [5.74, 6) is 0.219. The summed E-state index contributed by atoms with van der Waals surface area (Å²) in [6, 6.07) is 0.129. The highest BCUT2D eigenvalue weighted by atomic mass is 16.2. The monoisotopic (exact) mass is 280 g/mol. The molecule has 0 radical (unpaired) electrons. The van der Waals surface area contributed by atoms with Crippen molar-refractivity contribution in [3.05, 3.63) is 0 Å². The minimum Gasteiger partial charge on any atom is -0.340 e. The van der Waals surface area contributed by atoms with Gasteiger partial charge in [0.25, 0.3) is 0 Å². The Bertz CT molecular complexity index is 395. The Morgan fingerprint density at radius 3 is 2.15 bits per heavy atom. The predicted octanol–water partition coefficient (Wildman–Crippen LogP) is 2.61. The topological polar surface area (TPSA) is 49.4 Å². The van der Waals surface area contributed by atoms with Crippen LogP contribution in [0.2, 0.25) is 0 Å². The van der Waals surface area contributed by atoms with E-state index < -0.39 is 11.1 Å². The molecule has 2 aliphatic rings. The van der Waals surface area contributed by atoms with Crippen LogP contribution >= 0.6 is 0 Å². The number of hydrogen-bond acceptors (Lipinski definition) is 2. The fourth-order valence-corrected chi connectivity index (χ4v) is 3.88. The molecule has 0 bridgehead atoms. The maximum Gasteiger partial charge on any atom is 0.249 e. The Labute approximate surface area is 122 Å². The Balaban J connectivity index is 2.47. The van der Waals surface area contributed by atoms with Crippen LogP contribution in [-0.4, -0.2) is 33.8 Å². The highest BCUT2D eigenvalue weighted by Gasteiger charge is 2.58. The van der Waals surface area contributed by atoms with Gasteiger partial charge in [0.2, 0.25) is 11.8 Å². The van der Waals surface area contributed by atoms with E-state index in [-0.39, 0.29) is 17.9 Å². The van der Waals surface area contributed by atoms with Crippen LogP contribution in [0.4, 0.5) is 0 Å². The van der Waals surface area contributed by atoms with Gasteiger partial charge < -0.3 is 10.2 Å². The first-order valence-electron chi connectivity index (χ1n) is 8.13. The zero-order valence-electron chi connectivity index (χ0n) is 13.3. The fourth-order valence-electron chi connectivity index (χ4n) is 3.88. The third-order valence-corrected chi connectivity index (χ3v) is 5.53. The summed E-state index contributed by atoms with van der Waals surface area (Å²) in [6.45, 7) is 8.14. The Hall–Kier alpha value is -1.06. The van der Waals surface area contributed by atoms with E-state index in [1.807, 2.05) is 18.7 Å². The molecule has 20 heavy (non-hydrogen) atoms. The molecule has 1 spiro atoms. The number of hydrogen-bond donors (Lipinski definition) is 1. The molecule has 4 nitrogen and oxygen atoms in total. The van der Waals surface area contributed by atoms with Crippen LogP contribution in [0.1, 0.15) is 72.6 Å². The highest BCUT2D eigenvalue weighted by molar-refractivity contribution is 6.02. The SMILES string of the molecule is CCC(C)N1C(=O)C(CC)(CC)NC(=O)C12CCCC2. The van der Waals surface area contributed by atoms with Gasteiger partial charge in [-0.1, -0.05) is 33.6 Å². The second kappa shape index (κ2) is 5.38. The van der Waals surface area contributed by atoms with Crippen molar-refractivity contribution < 1.29 is 9.59 Å². The van der Waals surface area contributed by atoms with Gasteiger partial charge in [-0.3, -0.25) is 9.59 Å². The van der Waals surface area contributed by atoms with Crippen LogP contribution in [0.25, 0.3) is 0 Å². The number of rotatable bonds is 4. The van der Waals surface area contributed by atoms with Crippen molar-refractivity contribution in [2.45, 2.75) is 89.8 Å². The molecule has 1 heterocycles. The normalized spacial score (nSPS) is 25.9. The molecular weight excluding hydrogens is 252 g/mol. The molecule has 0 aromatic heterocycles. The van der Waals surface area contributed by atoms with E-state index in [1.165, 1.54) is 0 Å². The second-order valence-corrected chi connectivity index (χ2v) is 6.41. The maximum absolute atomic E-state index is 13.1. The summed E-state index contributed by atoms with van der Waals surface area (Å²) in [6.07, 6.45) is 5.94. The van der Waals surface area contributed by atoms with Crippen molar-refractivity contribution in [1.82, 2.24) is 10.2 Å². The average molecular weight is 280 g/mol. The maximum atomic E-state index is 13.1. The van der Waals surface area contributed by atoms with Crippen molar-refractivity contribution in [3.8, 4) is 0 Å². The van der Waals surface area contributed by atoms with Crippen molar-refractivity contribution in [2.24, 2.45) is 0 Å². The number of amides is 2. The second-order valence-electron chi connectivity index (χ2n) is 6.41. The summed E-state index contributed by atoms with van der Waals surface area (Å²) >= 11 is 0. The third kappa shape index (κ3) is 1.95. The molecule has 1 atom stereocenters. The molecule has 1 aliphatic carbocycles. The quantitative estimate of drug-likeness (QED) is 0.860. The standard InChI is InChI=1S/C16H28N2O2/c1-5-12(4)18-14(20)15(6-2,7-3)17-13(19)16(18)10-8-9-11-16/h12H,5-11H2,1-4H3,(H,17,19). The van der Waals surface area contributed by atoms with Gasteiger partial charge in [0.15, 0.2) is 0 Å². The fraction of sp³-hybridized carbons (Fsp3) is 0.875. The van der Waals surface area contributed by atoms with Gasteiger partial charge in [0, 0.05) is 6.04 Å². The molecule has 1 aliphatic heterocycles. The van der Waals surface area contributed by atoms with Crippen LogP contribution in [0.15, 0.2) is 0 Å². The zero-order chi connectivity index (χ0) is 15.0. The van der Waals surface area contributed by atoms with E-state index in [4.69, 9.17) is 0 Å². The summed E-state index contributed by atoms with van der Waals surface area (Å²) < 4.78 is 0. The predicted molar refractivity (Wildman–Crippen MR) is 79.3 cm³/mol. The molecule has 0 aromatic rings. The van der Waals surface area contributed by atoms with Gasteiger partial charge in [-0.15, -0.1) is 0 Å². The number of nitrogens with one attached hydrogen (secondary N) is 1. The average Bonchev–Trinajstić information content (AvgIpc) is 2.93. The Morgan fingerprint density at radius 2 is 1.70 bits per heavy atom. The van der Waals surface area contributed by atoms with Crippen LogP contribution in [0.3, 0.4) is 0 Å². The van der Waals surface area contributed by atoms with Crippen LogP contribution in [-0.2, 0) is 9.59 Å². The lowest BCUT2D eigenvalue weighted by molar-refractivity contribution is -0.167. The third-order valence-electron chi connectivity index (χ3n) is 5.53. The lowest BCUT2D eigenvalue weighted by Crippen LogP contribution is -2.76. The van der Waals surface area contributed by atoms with Gasteiger partial charge in [-0.05, 0) is 39.0 Å².